The topological polar surface area (TPSA) is 202 Å². The van der Waals surface area contributed by atoms with E-state index < -0.39 is 41.2 Å². The Morgan fingerprint density at radius 1 is 1.00 bits per heavy atom. The first-order valence-electron chi connectivity index (χ1n) is 17.5. The van der Waals surface area contributed by atoms with E-state index in [9.17, 15) is 33.1 Å². The number of anilines is 2. The number of amides is 4. The molecule has 0 radical (unpaired) electrons. The average Bonchev–Trinajstić information content (AvgIpc) is 3.83. The van der Waals surface area contributed by atoms with Gasteiger partial charge in [0.05, 0.1) is 17.2 Å². The van der Waals surface area contributed by atoms with Crippen LogP contribution in [0.5, 0.6) is 5.75 Å². The van der Waals surface area contributed by atoms with Gasteiger partial charge in [-0.1, -0.05) is 36.4 Å². The highest BCUT2D eigenvalue weighted by Crippen LogP contribution is 2.51. The van der Waals surface area contributed by atoms with Gasteiger partial charge in [-0.3, -0.25) is 47.4 Å². The number of fused-ring (bicyclic) bond motifs is 2. The molecule has 56 heavy (non-hydrogen) atoms. The van der Waals surface area contributed by atoms with Crippen LogP contribution in [0.4, 0.5) is 15.8 Å². The average molecular weight is 783 g/mol. The maximum atomic E-state index is 16.2. The summed E-state index contributed by atoms with van der Waals surface area (Å²) < 4.78 is 50.8. The minimum atomic E-state index is -3.86. The van der Waals surface area contributed by atoms with Crippen LogP contribution < -0.4 is 30.1 Å². The third-order valence-electron chi connectivity index (χ3n) is 9.78. The van der Waals surface area contributed by atoms with Gasteiger partial charge in [0, 0.05) is 49.3 Å². The number of halogens is 1. The van der Waals surface area contributed by atoms with Gasteiger partial charge < -0.3 is 10.1 Å². The van der Waals surface area contributed by atoms with Crippen molar-refractivity contribution >= 4 is 67.8 Å². The van der Waals surface area contributed by atoms with Crippen LogP contribution in [0.2, 0.25) is 0 Å². The molecule has 2 aliphatic rings. The van der Waals surface area contributed by atoms with Crippen molar-refractivity contribution in [2.75, 3.05) is 16.2 Å². The number of aryl methyl sites for hydroxylation is 2. The Hall–Kier alpha value is -6.50. The molecular weight excluding hydrogens is 748 g/mol. The first kappa shape index (κ1) is 36.5. The number of aromatic nitrogens is 4. The molecular formula is C38H35FN8O8S. The summed E-state index contributed by atoms with van der Waals surface area (Å²) in [4.78, 5) is 62.6. The summed E-state index contributed by atoms with van der Waals surface area (Å²) in [5.74, 6) is -2.74. The molecule has 2 saturated heterocycles. The van der Waals surface area contributed by atoms with E-state index >= 15 is 4.39 Å². The van der Waals surface area contributed by atoms with Crippen molar-refractivity contribution in [1.82, 2.24) is 29.0 Å². The number of rotatable bonds is 10. The molecule has 2 fully saturated rings. The zero-order valence-corrected chi connectivity index (χ0v) is 30.6. The molecule has 2 aliphatic heterocycles. The number of carbonyl (C=O) groups is 4. The van der Waals surface area contributed by atoms with Gasteiger partial charge in [-0.2, -0.15) is 5.10 Å². The fourth-order valence-electron chi connectivity index (χ4n) is 7.00. The Bertz CT molecular complexity index is 2640. The number of ether oxygens (including phenoxy) is 1. The van der Waals surface area contributed by atoms with Gasteiger partial charge in [-0.25, -0.2) is 18.2 Å². The maximum absolute atomic E-state index is 16.2. The lowest BCUT2D eigenvalue weighted by Crippen LogP contribution is -2.44. The van der Waals surface area contributed by atoms with Crippen LogP contribution in [0.25, 0.3) is 32.9 Å². The van der Waals surface area contributed by atoms with E-state index in [0.717, 1.165) is 21.0 Å². The quantitative estimate of drug-likeness (QED) is 0.122. The maximum Gasteiger partial charge on any atom is 0.329 e. The zero-order valence-electron chi connectivity index (χ0n) is 29.8. The SMILES string of the molecule is Cn1c(=O)n(C2CCC(=O)NC2=O)c2ccc(-c3cnn(CCC(=O)Nc4ccc5c(F)c(N6CC(=O)NS6(O)O)c(OCc6ccccc6)cc5c4)c3)cc21. The van der Waals surface area contributed by atoms with Crippen LogP contribution in [-0.2, 0) is 39.4 Å². The lowest BCUT2D eigenvalue weighted by Gasteiger charge is -2.37. The van der Waals surface area contributed by atoms with Crippen molar-refractivity contribution in [1.29, 1.82) is 0 Å². The molecule has 0 aliphatic carbocycles. The Labute approximate surface area is 319 Å². The predicted octanol–water partition coefficient (Wildman–Crippen LogP) is 4.60. The van der Waals surface area contributed by atoms with Crippen molar-refractivity contribution < 1.29 is 37.4 Å². The second-order valence-electron chi connectivity index (χ2n) is 13.5. The number of nitrogens with one attached hydrogen (secondary N) is 3. The molecule has 0 bridgehead atoms. The summed E-state index contributed by atoms with van der Waals surface area (Å²) >= 11 is 0. The molecule has 2 aromatic heterocycles. The number of benzene rings is 4. The molecule has 18 heteroatoms. The van der Waals surface area contributed by atoms with E-state index in [1.165, 1.54) is 27.3 Å². The summed E-state index contributed by atoms with van der Waals surface area (Å²) in [5.41, 5.74) is 3.18. The third-order valence-corrected chi connectivity index (χ3v) is 11.2. The van der Waals surface area contributed by atoms with Crippen molar-refractivity contribution in [2.24, 2.45) is 7.05 Å². The van der Waals surface area contributed by atoms with Gasteiger partial charge in [0.25, 0.3) is 5.91 Å². The van der Waals surface area contributed by atoms with E-state index in [-0.39, 0.29) is 66.7 Å². The summed E-state index contributed by atoms with van der Waals surface area (Å²) in [7, 11) is -2.24. The second kappa shape index (κ2) is 14.3. The predicted molar refractivity (Wildman–Crippen MR) is 206 cm³/mol. The summed E-state index contributed by atoms with van der Waals surface area (Å²) in [6, 6.07) is 19.8. The summed E-state index contributed by atoms with van der Waals surface area (Å²) in [6.07, 6.45) is 3.84. The minimum Gasteiger partial charge on any atom is -0.487 e. The molecule has 1 atom stereocenters. The molecule has 288 valence electrons. The number of hydrogen-bond donors (Lipinski definition) is 5. The molecule has 8 rings (SSSR count). The molecule has 5 N–H and O–H groups in total. The molecule has 4 aromatic carbocycles. The molecule has 4 heterocycles. The van der Waals surface area contributed by atoms with Gasteiger partial charge >= 0.3 is 5.69 Å². The van der Waals surface area contributed by atoms with Crippen molar-refractivity contribution in [3.63, 3.8) is 0 Å². The first-order valence-corrected chi connectivity index (χ1v) is 19.0. The number of nitrogens with zero attached hydrogens (tertiary/aromatic N) is 5. The number of imidazole rings is 1. The second-order valence-corrected chi connectivity index (χ2v) is 15.2. The number of carbonyl (C=O) groups excluding carboxylic acids is 4. The monoisotopic (exact) mass is 782 g/mol. The van der Waals surface area contributed by atoms with Gasteiger partial charge in [-0.15, -0.1) is 0 Å². The number of hydrogen-bond acceptors (Lipinski definition) is 10. The van der Waals surface area contributed by atoms with Crippen LogP contribution in [0, 0.1) is 5.82 Å². The standard InChI is InChI=1S/C38H35FN8O8S/c1-44-30-16-23(7-10-28(30)47(38(44)52)29-11-12-32(48)42-37(29)51)25-18-40-45(19-25)14-13-33(49)41-26-8-9-27-24(15-26)17-31(55-21-22-5-3-2-4-6-22)36(35(27)39)46-20-34(50)43-56(46,53)54/h2-10,15-19,29,53-54H,11-14,20-21H2,1H3,(H,41,49)(H,43,50)(H,42,48,51). The van der Waals surface area contributed by atoms with Gasteiger partial charge in [0.15, 0.2) is 5.82 Å². The summed E-state index contributed by atoms with van der Waals surface area (Å²) in [5, 5.41) is 10.0. The Kier molecular flexibility index (Phi) is 9.31. The fraction of sp³-hybridized carbons (Fsp3) is 0.211. The van der Waals surface area contributed by atoms with Crippen molar-refractivity contribution in [3.8, 4) is 16.9 Å². The van der Waals surface area contributed by atoms with Gasteiger partial charge in [-0.05, 0) is 70.3 Å². The van der Waals surface area contributed by atoms with Crippen molar-refractivity contribution in [3.05, 3.63) is 107 Å². The molecule has 4 amide bonds. The first-order chi connectivity index (χ1) is 26.9. The molecule has 1 unspecified atom stereocenters. The Morgan fingerprint density at radius 3 is 2.55 bits per heavy atom. The molecule has 0 saturated carbocycles. The summed E-state index contributed by atoms with van der Waals surface area (Å²) in [6.45, 7) is -0.225. The fourth-order valence-corrected chi connectivity index (χ4v) is 8.20. The van der Waals surface area contributed by atoms with Crippen LogP contribution in [0.3, 0.4) is 0 Å². The lowest BCUT2D eigenvalue weighted by atomic mass is 10.1. The normalized spacial score (nSPS) is 17.2. The Morgan fingerprint density at radius 2 is 1.80 bits per heavy atom. The van der Waals surface area contributed by atoms with E-state index in [4.69, 9.17) is 4.74 Å². The molecule has 0 spiro atoms. The Balaban J connectivity index is 0.976. The minimum absolute atomic E-state index is 0.0263. The number of piperidine rings is 1. The van der Waals surface area contributed by atoms with E-state index in [1.807, 2.05) is 42.5 Å². The smallest absolute Gasteiger partial charge is 0.329 e. The highest BCUT2D eigenvalue weighted by molar-refractivity contribution is 8.24. The zero-order chi connectivity index (χ0) is 39.3. The van der Waals surface area contributed by atoms with Crippen LogP contribution in [0.1, 0.15) is 30.9 Å². The van der Waals surface area contributed by atoms with Crippen LogP contribution in [0.15, 0.2) is 90.0 Å². The van der Waals surface area contributed by atoms with Gasteiger partial charge in [0.1, 0.15) is 30.6 Å². The highest BCUT2D eigenvalue weighted by atomic mass is 32.3. The molecule has 16 nitrogen and oxygen atoms in total. The largest absolute Gasteiger partial charge is 0.487 e. The highest BCUT2D eigenvalue weighted by Gasteiger charge is 2.39. The van der Waals surface area contributed by atoms with Crippen LogP contribution in [-0.4, -0.2) is 58.2 Å². The van der Waals surface area contributed by atoms with E-state index in [2.05, 4.69) is 20.5 Å². The molecule has 6 aromatic rings. The van der Waals surface area contributed by atoms with Crippen molar-refractivity contribution in [2.45, 2.75) is 38.5 Å². The lowest BCUT2D eigenvalue weighted by molar-refractivity contribution is -0.135. The van der Waals surface area contributed by atoms with Crippen LogP contribution >= 0.6 is 11.0 Å². The van der Waals surface area contributed by atoms with E-state index in [0.29, 0.717) is 22.1 Å². The van der Waals surface area contributed by atoms with Gasteiger partial charge in [0.2, 0.25) is 17.7 Å². The number of imide groups is 1. The third kappa shape index (κ3) is 6.84. The van der Waals surface area contributed by atoms with E-state index in [1.54, 1.807) is 36.3 Å².